The molecule has 4 rings (SSSR count). The lowest BCUT2D eigenvalue weighted by atomic mass is 9.99. The molecule has 6 nitrogen and oxygen atoms in total. The van der Waals surface area contributed by atoms with Crippen LogP contribution in [0.5, 0.6) is 0 Å². The Morgan fingerprint density at radius 3 is 2.93 bits per heavy atom. The molecule has 0 aliphatic heterocycles. The van der Waals surface area contributed by atoms with Gasteiger partial charge in [0.25, 0.3) is 5.91 Å². The second kappa shape index (κ2) is 7.66. The smallest absolute Gasteiger partial charge is 0.267 e. The van der Waals surface area contributed by atoms with Gasteiger partial charge in [-0.2, -0.15) is 0 Å². The maximum Gasteiger partial charge on any atom is 0.267 e. The number of aryl methyl sites for hydroxylation is 2. The van der Waals surface area contributed by atoms with Crippen LogP contribution in [0.2, 0.25) is 0 Å². The van der Waals surface area contributed by atoms with Gasteiger partial charge in [0, 0.05) is 17.2 Å². The highest BCUT2D eigenvalue weighted by atomic mass is 32.1. The summed E-state index contributed by atoms with van der Waals surface area (Å²) in [4.78, 5) is 30.0. The van der Waals surface area contributed by atoms with Crippen LogP contribution in [0, 0.1) is 0 Å². The van der Waals surface area contributed by atoms with Gasteiger partial charge < -0.3 is 9.73 Å². The van der Waals surface area contributed by atoms with Crippen LogP contribution in [0.1, 0.15) is 45.6 Å². The molecule has 3 heterocycles. The van der Waals surface area contributed by atoms with Crippen LogP contribution in [-0.2, 0) is 24.2 Å². The highest BCUT2D eigenvalue weighted by molar-refractivity contribution is 7.15. The summed E-state index contributed by atoms with van der Waals surface area (Å²) in [6, 6.07) is 5.63. The molecule has 2 N–H and O–H groups in total. The van der Waals surface area contributed by atoms with Gasteiger partial charge in [-0.3, -0.25) is 14.9 Å². The molecule has 0 saturated heterocycles. The van der Waals surface area contributed by atoms with Crippen molar-refractivity contribution >= 4 is 39.6 Å². The molecule has 3 aromatic rings. The third-order valence-corrected chi connectivity index (χ3v) is 6.36. The number of thiophene rings is 1. The molecule has 0 fully saturated rings. The van der Waals surface area contributed by atoms with E-state index in [-0.39, 0.29) is 11.8 Å². The number of nitrogens with one attached hydrogen (secondary N) is 2. The van der Waals surface area contributed by atoms with E-state index in [9.17, 15) is 9.59 Å². The van der Waals surface area contributed by atoms with Gasteiger partial charge in [0.05, 0.1) is 11.4 Å². The van der Waals surface area contributed by atoms with Crippen molar-refractivity contribution in [3.05, 3.63) is 44.7 Å². The Bertz CT molecular complexity index is 963. The third kappa shape index (κ3) is 4.12. The number of hydrogen-bond donors (Lipinski definition) is 2. The Morgan fingerprint density at radius 2 is 2.11 bits per heavy atom. The first-order valence-electron chi connectivity index (χ1n) is 8.80. The Kier molecular flexibility index (Phi) is 5.09. The van der Waals surface area contributed by atoms with Gasteiger partial charge in [0.1, 0.15) is 11.5 Å². The minimum Gasteiger partial charge on any atom is -0.458 e. The molecule has 140 valence electrons. The molecule has 8 heteroatoms. The number of hydrogen-bond acceptors (Lipinski definition) is 6. The minimum absolute atomic E-state index is 0.109. The molecule has 0 bridgehead atoms. The predicted molar refractivity (Wildman–Crippen MR) is 106 cm³/mol. The summed E-state index contributed by atoms with van der Waals surface area (Å²) in [5.74, 6) is 1.05. The average Bonchev–Trinajstić information content (AvgIpc) is 3.38. The fourth-order valence-electron chi connectivity index (χ4n) is 3.03. The number of fused-ring (bicyclic) bond motifs is 1. The van der Waals surface area contributed by atoms with Crippen LogP contribution < -0.4 is 10.6 Å². The lowest BCUT2D eigenvalue weighted by Crippen LogP contribution is -2.18. The molecular weight excluding hydrogens is 382 g/mol. The normalized spacial score (nSPS) is 13.2. The molecule has 1 aliphatic carbocycles. The van der Waals surface area contributed by atoms with E-state index in [1.807, 2.05) is 17.5 Å². The van der Waals surface area contributed by atoms with E-state index in [2.05, 4.69) is 15.6 Å². The maximum absolute atomic E-state index is 12.5. The number of amides is 2. The molecule has 0 atom stereocenters. The summed E-state index contributed by atoms with van der Waals surface area (Å²) in [6.07, 6.45) is 4.55. The summed E-state index contributed by atoms with van der Waals surface area (Å²) in [7, 11) is 0. The van der Waals surface area contributed by atoms with Crippen LogP contribution in [0.25, 0.3) is 11.5 Å². The second-order valence-corrected chi connectivity index (χ2v) is 8.43. The molecular formula is C19H19N3O3S2. The van der Waals surface area contributed by atoms with Gasteiger partial charge in [-0.1, -0.05) is 0 Å². The number of nitrogens with zero attached hydrogens (tertiary/aromatic N) is 1. The number of carbonyl (C=O) groups is 2. The standard InChI is InChI=1S/C19H19N3O3S2/c1-11(23)20-9-13-6-7-15(25-13)14-10-26-19(21-14)22-18(24)17-8-12-4-2-3-5-16(12)27-17/h6-8,10H,2-5,9H2,1H3,(H,20,23)(H,21,22,24). The zero-order valence-electron chi connectivity index (χ0n) is 14.8. The Hall–Kier alpha value is -2.45. The highest BCUT2D eigenvalue weighted by Crippen LogP contribution is 2.31. The molecule has 0 radical (unpaired) electrons. The van der Waals surface area contributed by atoms with Crippen LogP contribution in [0.4, 0.5) is 5.13 Å². The lowest BCUT2D eigenvalue weighted by molar-refractivity contribution is -0.119. The number of anilines is 1. The first-order valence-corrected chi connectivity index (χ1v) is 10.5. The van der Waals surface area contributed by atoms with Gasteiger partial charge >= 0.3 is 0 Å². The Labute approximate surface area is 164 Å². The van der Waals surface area contributed by atoms with Crippen LogP contribution in [0.15, 0.2) is 28.0 Å². The van der Waals surface area contributed by atoms with Crippen LogP contribution in [0.3, 0.4) is 0 Å². The summed E-state index contributed by atoms with van der Waals surface area (Å²) in [5, 5.41) is 7.96. The molecule has 2 amide bonds. The fraction of sp³-hybridized carbons (Fsp3) is 0.316. The Morgan fingerprint density at radius 1 is 1.26 bits per heavy atom. The van der Waals surface area contributed by atoms with Gasteiger partial charge in [0.15, 0.2) is 10.9 Å². The topological polar surface area (TPSA) is 84.2 Å². The van der Waals surface area contributed by atoms with Crippen molar-refractivity contribution in [2.75, 3.05) is 5.32 Å². The largest absolute Gasteiger partial charge is 0.458 e. The Balaban J connectivity index is 1.42. The maximum atomic E-state index is 12.5. The molecule has 0 saturated carbocycles. The first-order chi connectivity index (χ1) is 13.1. The van der Waals surface area contributed by atoms with Crippen molar-refractivity contribution in [2.45, 2.75) is 39.2 Å². The van der Waals surface area contributed by atoms with Crippen molar-refractivity contribution in [3.63, 3.8) is 0 Å². The number of carbonyl (C=O) groups excluding carboxylic acids is 2. The van der Waals surface area contributed by atoms with Crippen LogP contribution in [-0.4, -0.2) is 16.8 Å². The van der Waals surface area contributed by atoms with Crippen molar-refractivity contribution in [2.24, 2.45) is 0 Å². The fourth-order valence-corrected chi connectivity index (χ4v) is 4.87. The summed E-state index contributed by atoms with van der Waals surface area (Å²) in [5.41, 5.74) is 1.98. The quantitative estimate of drug-likeness (QED) is 0.670. The van der Waals surface area contributed by atoms with Gasteiger partial charge in [0.2, 0.25) is 5.91 Å². The SMILES string of the molecule is CC(=O)NCc1ccc(-c2csc(NC(=O)c3cc4c(s3)CCCC4)n2)o1. The molecule has 0 unspecified atom stereocenters. The van der Waals surface area contributed by atoms with Crippen molar-refractivity contribution in [1.29, 1.82) is 0 Å². The number of aromatic nitrogens is 1. The minimum atomic E-state index is -0.110. The third-order valence-electron chi connectivity index (χ3n) is 4.37. The zero-order chi connectivity index (χ0) is 18.8. The lowest BCUT2D eigenvalue weighted by Gasteiger charge is -2.08. The van der Waals surface area contributed by atoms with E-state index in [0.717, 1.165) is 17.7 Å². The van der Waals surface area contributed by atoms with Gasteiger partial charge in [-0.15, -0.1) is 22.7 Å². The average molecular weight is 402 g/mol. The number of thiazole rings is 1. The first kappa shape index (κ1) is 17.9. The summed E-state index contributed by atoms with van der Waals surface area (Å²) >= 11 is 2.95. The van der Waals surface area contributed by atoms with E-state index in [4.69, 9.17) is 4.42 Å². The molecule has 27 heavy (non-hydrogen) atoms. The molecule has 3 aromatic heterocycles. The molecule has 0 spiro atoms. The van der Waals surface area contributed by atoms with Crippen molar-refractivity contribution < 1.29 is 14.0 Å². The van der Waals surface area contributed by atoms with Gasteiger partial charge in [-0.05, 0) is 49.4 Å². The van der Waals surface area contributed by atoms with E-state index < -0.39 is 0 Å². The highest BCUT2D eigenvalue weighted by Gasteiger charge is 2.18. The summed E-state index contributed by atoms with van der Waals surface area (Å²) in [6.45, 7) is 1.80. The van der Waals surface area contributed by atoms with E-state index in [0.29, 0.717) is 28.9 Å². The molecule has 0 aromatic carbocycles. The van der Waals surface area contributed by atoms with Gasteiger partial charge in [-0.25, -0.2) is 4.98 Å². The molecule has 1 aliphatic rings. The van der Waals surface area contributed by atoms with E-state index in [1.165, 1.54) is 41.5 Å². The van der Waals surface area contributed by atoms with E-state index in [1.54, 1.807) is 17.4 Å². The number of rotatable bonds is 5. The van der Waals surface area contributed by atoms with Crippen molar-refractivity contribution in [1.82, 2.24) is 10.3 Å². The van der Waals surface area contributed by atoms with Crippen LogP contribution >= 0.6 is 22.7 Å². The van der Waals surface area contributed by atoms with Crippen molar-refractivity contribution in [3.8, 4) is 11.5 Å². The second-order valence-electron chi connectivity index (χ2n) is 6.43. The predicted octanol–water partition coefficient (Wildman–Crippen LogP) is 4.23. The summed E-state index contributed by atoms with van der Waals surface area (Å²) < 4.78 is 5.70. The monoisotopic (exact) mass is 401 g/mol. The zero-order valence-corrected chi connectivity index (χ0v) is 16.5. The van der Waals surface area contributed by atoms with E-state index >= 15 is 0 Å². The number of furan rings is 1.